The summed E-state index contributed by atoms with van der Waals surface area (Å²) < 4.78 is 18.5. The lowest BCUT2D eigenvalue weighted by molar-refractivity contribution is -0.0292. The predicted molar refractivity (Wildman–Crippen MR) is 57.1 cm³/mol. The Balaban J connectivity index is 2.05. The molecule has 2 unspecified atom stereocenters. The van der Waals surface area contributed by atoms with Gasteiger partial charge in [0.2, 0.25) is 0 Å². The van der Waals surface area contributed by atoms with E-state index in [1.54, 1.807) is 12.1 Å². The minimum Gasteiger partial charge on any atom is -0.356 e. The molecule has 1 N–H and O–H groups in total. The van der Waals surface area contributed by atoms with Crippen LogP contribution in [0.15, 0.2) is 24.3 Å². The molecule has 2 rings (SSSR count). The van der Waals surface area contributed by atoms with Crippen LogP contribution in [0.3, 0.4) is 0 Å². The fourth-order valence-electron chi connectivity index (χ4n) is 1.98. The first-order chi connectivity index (χ1) is 7.07. The largest absolute Gasteiger partial charge is 0.356 e. The molecule has 0 radical (unpaired) electrons. The van der Waals surface area contributed by atoms with Crippen molar-refractivity contribution in [2.45, 2.75) is 32.1 Å². The van der Waals surface area contributed by atoms with Crippen LogP contribution >= 0.6 is 0 Å². The van der Waals surface area contributed by atoms with Crippen molar-refractivity contribution in [3.8, 4) is 0 Å². The van der Waals surface area contributed by atoms with Gasteiger partial charge >= 0.3 is 0 Å². The summed E-state index contributed by atoms with van der Waals surface area (Å²) in [6.45, 7) is 4.94. The first kappa shape index (κ1) is 10.6. The highest BCUT2D eigenvalue weighted by atomic mass is 19.1. The Bertz CT molecular complexity index is 338. The van der Waals surface area contributed by atoms with Gasteiger partial charge in [0.1, 0.15) is 11.5 Å². The van der Waals surface area contributed by atoms with Gasteiger partial charge in [-0.05, 0) is 31.5 Å². The van der Waals surface area contributed by atoms with E-state index in [9.17, 15) is 4.39 Å². The Morgan fingerprint density at radius 3 is 2.67 bits per heavy atom. The van der Waals surface area contributed by atoms with Gasteiger partial charge in [-0.3, -0.25) is 5.32 Å². The second-order valence-electron chi connectivity index (χ2n) is 4.34. The molecule has 0 saturated carbocycles. The summed E-state index contributed by atoms with van der Waals surface area (Å²) in [7, 11) is 0. The van der Waals surface area contributed by atoms with Crippen LogP contribution in [0.2, 0.25) is 0 Å². The number of halogens is 1. The molecule has 1 fully saturated rings. The van der Waals surface area contributed by atoms with Gasteiger partial charge in [-0.1, -0.05) is 12.1 Å². The molecule has 1 aromatic carbocycles. The molecule has 3 heteroatoms. The third-order valence-corrected chi connectivity index (χ3v) is 2.68. The fraction of sp³-hybridized carbons (Fsp3) is 0.500. The molecule has 82 valence electrons. The minimum atomic E-state index is -0.308. The van der Waals surface area contributed by atoms with Gasteiger partial charge in [0.05, 0.1) is 6.10 Å². The molecule has 2 atom stereocenters. The number of ether oxygens (including phenoxy) is 1. The maximum Gasteiger partial charge on any atom is 0.123 e. The molecule has 2 nitrogen and oxygen atoms in total. The normalized spacial score (nSPS) is 30.7. The lowest BCUT2D eigenvalue weighted by atomic mass is 10.0. The highest BCUT2D eigenvalue weighted by Crippen LogP contribution is 2.21. The molecule has 0 bridgehead atoms. The summed E-state index contributed by atoms with van der Waals surface area (Å²) in [5.41, 5.74) is 0.776. The first-order valence-electron chi connectivity index (χ1n) is 5.25. The minimum absolute atomic E-state index is 0.197. The summed E-state index contributed by atoms with van der Waals surface area (Å²) in [4.78, 5) is 0. The van der Waals surface area contributed by atoms with Crippen LogP contribution in [0.5, 0.6) is 0 Å². The van der Waals surface area contributed by atoms with Crippen molar-refractivity contribution in [3.63, 3.8) is 0 Å². The van der Waals surface area contributed by atoms with Gasteiger partial charge < -0.3 is 4.74 Å². The van der Waals surface area contributed by atoms with Crippen molar-refractivity contribution in [2.75, 3.05) is 6.54 Å². The van der Waals surface area contributed by atoms with Crippen molar-refractivity contribution in [1.29, 1.82) is 0 Å². The van der Waals surface area contributed by atoms with Crippen LogP contribution < -0.4 is 5.32 Å². The summed E-state index contributed by atoms with van der Waals surface area (Å²) >= 11 is 0. The maximum atomic E-state index is 12.7. The molecule has 15 heavy (non-hydrogen) atoms. The molecule has 1 aliphatic rings. The molecule has 1 aliphatic heterocycles. The van der Waals surface area contributed by atoms with Crippen molar-refractivity contribution in [1.82, 2.24) is 5.32 Å². The van der Waals surface area contributed by atoms with Crippen LogP contribution in [0.1, 0.15) is 19.4 Å². The van der Waals surface area contributed by atoms with E-state index in [1.165, 1.54) is 12.1 Å². The number of rotatable bonds is 2. The summed E-state index contributed by atoms with van der Waals surface area (Å²) in [6.07, 6.45) is 1.01. The van der Waals surface area contributed by atoms with Gasteiger partial charge in [-0.25, -0.2) is 4.39 Å². The van der Waals surface area contributed by atoms with Crippen LogP contribution in [-0.2, 0) is 11.2 Å². The molecule has 0 aromatic heterocycles. The highest BCUT2D eigenvalue weighted by molar-refractivity contribution is 5.18. The van der Waals surface area contributed by atoms with Crippen molar-refractivity contribution >= 4 is 0 Å². The quantitative estimate of drug-likeness (QED) is 0.805. The standard InChI is InChI=1S/C12H16FNO/c1-9-8-14-12(2,15-9)7-10-3-5-11(13)6-4-10/h3-6,9,14H,7-8H2,1-2H3. The monoisotopic (exact) mass is 209 g/mol. The van der Waals surface area contributed by atoms with Crippen LogP contribution in [0.25, 0.3) is 0 Å². The molecule has 1 saturated heterocycles. The SMILES string of the molecule is CC1CNC(C)(Cc2ccc(F)cc2)O1. The number of benzene rings is 1. The summed E-state index contributed by atoms with van der Waals surface area (Å²) in [5.74, 6) is -0.197. The lowest BCUT2D eigenvalue weighted by Gasteiger charge is -2.24. The average Bonchev–Trinajstić information content (AvgIpc) is 2.50. The van der Waals surface area contributed by atoms with Crippen molar-refractivity contribution in [3.05, 3.63) is 35.6 Å². The number of hydrogen-bond acceptors (Lipinski definition) is 2. The predicted octanol–water partition coefficient (Wildman–Crippen LogP) is 2.09. The Labute approximate surface area is 89.4 Å². The Hall–Kier alpha value is -0.930. The maximum absolute atomic E-state index is 12.7. The van der Waals surface area contributed by atoms with Crippen molar-refractivity contribution < 1.29 is 9.13 Å². The third-order valence-electron chi connectivity index (χ3n) is 2.68. The summed E-state index contributed by atoms with van der Waals surface area (Å²) in [6, 6.07) is 6.57. The van der Waals surface area contributed by atoms with E-state index >= 15 is 0 Å². The lowest BCUT2D eigenvalue weighted by Crippen LogP contribution is -2.39. The molecule has 1 heterocycles. The zero-order chi connectivity index (χ0) is 10.9. The van der Waals surface area contributed by atoms with Crippen LogP contribution in [-0.4, -0.2) is 18.4 Å². The van der Waals surface area contributed by atoms with Gasteiger partial charge in [0.15, 0.2) is 0 Å². The Kier molecular flexibility index (Phi) is 2.76. The number of nitrogens with one attached hydrogen (secondary N) is 1. The molecular weight excluding hydrogens is 193 g/mol. The Morgan fingerprint density at radius 2 is 2.13 bits per heavy atom. The van der Waals surface area contributed by atoms with E-state index in [2.05, 4.69) is 5.32 Å². The van der Waals surface area contributed by atoms with E-state index in [-0.39, 0.29) is 17.6 Å². The van der Waals surface area contributed by atoms with E-state index in [1.807, 2.05) is 13.8 Å². The molecule has 0 amide bonds. The van der Waals surface area contributed by atoms with Gasteiger partial charge in [-0.2, -0.15) is 0 Å². The Morgan fingerprint density at radius 1 is 1.47 bits per heavy atom. The molecule has 0 aliphatic carbocycles. The second kappa shape index (κ2) is 3.91. The van der Waals surface area contributed by atoms with Crippen LogP contribution in [0.4, 0.5) is 4.39 Å². The van der Waals surface area contributed by atoms with Gasteiger partial charge in [0, 0.05) is 13.0 Å². The zero-order valence-electron chi connectivity index (χ0n) is 9.09. The van der Waals surface area contributed by atoms with E-state index < -0.39 is 0 Å². The van der Waals surface area contributed by atoms with Gasteiger partial charge in [-0.15, -0.1) is 0 Å². The third kappa shape index (κ3) is 2.55. The van der Waals surface area contributed by atoms with Gasteiger partial charge in [0.25, 0.3) is 0 Å². The van der Waals surface area contributed by atoms with Crippen LogP contribution in [0, 0.1) is 5.82 Å². The topological polar surface area (TPSA) is 21.3 Å². The highest BCUT2D eigenvalue weighted by Gasteiger charge is 2.33. The number of hydrogen-bond donors (Lipinski definition) is 1. The van der Waals surface area contributed by atoms with E-state index in [4.69, 9.17) is 4.74 Å². The summed E-state index contributed by atoms with van der Waals surface area (Å²) in [5, 5.41) is 3.33. The molecule has 1 aromatic rings. The molecular formula is C12H16FNO. The molecule has 0 spiro atoms. The average molecular weight is 209 g/mol. The fourth-order valence-corrected chi connectivity index (χ4v) is 1.98. The van der Waals surface area contributed by atoms with E-state index in [0.717, 1.165) is 18.5 Å². The van der Waals surface area contributed by atoms with Crippen molar-refractivity contribution in [2.24, 2.45) is 0 Å². The second-order valence-corrected chi connectivity index (χ2v) is 4.34. The van der Waals surface area contributed by atoms with E-state index in [0.29, 0.717) is 0 Å². The first-order valence-corrected chi connectivity index (χ1v) is 5.25. The smallest absolute Gasteiger partial charge is 0.123 e. The zero-order valence-corrected chi connectivity index (χ0v) is 9.09.